The molecule has 0 saturated carbocycles. The summed E-state index contributed by atoms with van der Waals surface area (Å²) in [7, 11) is -2.28. The molecule has 5 aromatic carbocycles. The lowest BCUT2D eigenvalue weighted by molar-refractivity contribution is 0.450. The fourth-order valence-electron chi connectivity index (χ4n) is 3.99. The van der Waals surface area contributed by atoms with Crippen LogP contribution in [-0.2, 0) is 0 Å². The molecule has 0 aliphatic carbocycles. The Morgan fingerprint density at radius 1 is 0.424 bits per heavy atom. The van der Waals surface area contributed by atoms with E-state index >= 15 is 8.78 Å². The Morgan fingerprint density at radius 2 is 0.909 bits per heavy atom. The van der Waals surface area contributed by atoms with Crippen LogP contribution in [0.4, 0.5) is 26.3 Å². The van der Waals surface area contributed by atoms with Crippen LogP contribution in [0.3, 0.4) is 0 Å². The number of benzene rings is 5. The minimum Gasteiger partial charge on any atom is -0.204 e. The molecule has 0 spiro atoms. The zero-order valence-corrected chi connectivity index (χ0v) is 17.6. The Labute approximate surface area is 185 Å². The molecule has 0 amide bonds. The highest BCUT2D eigenvalue weighted by Crippen LogP contribution is 2.40. The standard InChI is InChI=1S/C26H13F6P/c27-18-9-11-20(25(31)23(18)29)33(21-12-10-19(28)24(30)26(21)32)22-13-14-5-1-2-6-15(14)16-7-3-4-8-17(16)22/h1-13H. The van der Waals surface area contributed by atoms with Crippen LogP contribution in [0, 0.1) is 34.9 Å². The molecule has 164 valence electrons. The average molecular weight is 470 g/mol. The van der Waals surface area contributed by atoms with Crippen molar-refractivity contribution in [2.45, 2.75) is 0 Å². The molecule has 0 aliphatic heterocycles. The Bertz CT molecular complexity index is 1490. The van der Waals surface area contributed by atoms with E-state index < -0.39 is 42.8 Å². The van der Waals surface area contributed by atoms with Crippen molar-refractivity contribution in [1.82, 2.24) is 0 Å². The van der Waals surface area contributed by atoms with Crippen LogP contribution >= 0.6 is 7.92 Å². The van der Waals surface area contributed by atoms with Crippen LogP contribution in [0.1, 0.15) is 0 Å². The van der Waals surface area contributed by atoms with Crippen molar-refractivity contribution in [2.24, 2.45) is 0 Å². The van der Waals surface area contributed by atoms with Crippen molar-refractivity contribution in [3.05, 3.63) is 114 Å². The molecule has 0 fully saturated rings. The third-order valence-electron chi connectivity index (χ3n) is 5.50. The predicted octanol–water partition coefficient (Wildman–Crippen LogP) is 6.59. The van der Waals surface area contributed by atoms with Gasteiger partial charge < -0.3 is 0 Å². The van der Waals surface area contributed by atoms with Crippen LogP contribution < -0.4 is 15.9 Å². The number of halogens is 6. The van der Waals surface area contributed by atoms with Gasteiger partial charge in [-0.25, -0.2) is 26.3 Å². The molecule has 0 aliphatic rings. The van der Waals surface area contributed by atoms with E-state index in [0.717, 1.165) is 40.4 Å². The molecular weight excluding hydrogens is 457 g/mol. The fourth-order valence-corrected chi connectivity index (χ4v) is 6.50. The monoisotopic (exact) mass is 470 g/mol. The number of rotatable bonds is 3. The van der Waals surface area contributed by atoms with Crippen molar-refractivity contribution in [3.63, 3.8) is 0 Å². The van der Waals surface area contributed by atoms with Crippen molar-refractivity contribution < 1.29 is 26.3 Å². The predicted molar refractivity (Wildman–Crippen MR) is 120 cm³/mol. The summed E-state index contributed by atoms with van der Waals surface area (Å²) in [5.41, 5.74) is 0. The van der Waals surface area contributed by atoms with E-state index in [9.17, 15) is 17.6 Å². The van der Waals surface area contributed by atoms with Crippen molar-refractivity contribution in [1.29, 1.82) is 0 Å². The van der Waals surface area contributed by atoms with Gasteiger partial charge in [-0.15, -0.1) is 0 Å². The second-order valence-electron chi connectivity index (χ2n) is 7.39. The smallest absolute Gasteiger partial charge is 0.195 e. The van der Waals surface area contributed by atoms with Gasteiger partial charge in [0.05, 0.1) is 0 Å². The van der Waals surface area contributed by atoms with E-state index in [4.69, 9.17) is 0 Å². The average Bonchev–Trinajstić information content (AvgIpc) is 2.83. The molecule has 5 aromatic rings. The normalized spacial score (nSPS) is 11.6. The van der Waals surface area contributed by atoms with Crippen LogP contribution in [-0.4, -0.2) is 0 Å². The highest BCUT2D eigenvalue weighted by atomic mass is 31.1. The second kappa shape index (κ2) is 8.20. The summed E-state index contributed by atoms with van der Waals surface area (Å²) in [5.74, 6) is -9.23. The van der Waals surface area contributed by atoms with E-state index in [1.54, 1.807) is 30.3 Å². The minimum absolute atomic E-state index is 0.339. The van der Waals surface area contributed by atoms with Gasteiger partial charge in [-0.3, -0.25) is 0 Å². The first-order valence-electron chi connectivity index (χ1n) is 9.86. The number of hydrogen-bond acceptors (Lipinski definition) is 0. The maximum absolute atomic E-state index is 15.0. The lowest BCUT2D eigenvalue weighted by atomic mass is 10.0. The fraction of sp³-hybridized carbons (Fsp3) is 0. The lowest BCUT2D eigenvalue weighted by Gasteiger charge is -2.23. The summed E-state index contributed by atoms with van der Waals surface area (Å²) >= 11 is 0. The quantitative estimate of drug-likeness (QED) is 0.121. The maximum Gasteiger partial charge on any atom is 0.195 e. The van der Waals surface area contributed by atoms with Gasteiger partial charge in [-0.1, -0.05) is 48.5 Å². The molecule has 33 heavy (non-hydrogen) atoms. The largest absolute Gasteiger partial charge is 0.204 e. The summed E-state index contributed by atoms with van der Waals surface area (Å²) in [6.45, 7) is 0. The molecule has 0 unspecified atom stereocenters. The van der Waals surface area contributed by atoms with Gasteiger partial charge >= 0.3 is 0 Å². The summed E-state index contributed by atoms with van der Waals surface area (Å²) in [5, 5.41) is 2.71. The maximum atomic E-state index is 15.0. The summed E-state index contributed by atoms with van der Waals surface area (Å²) < 4.78 is 85.9. The van der Waals surface area contributed by atoms with E-state index in [0.29, 0.717) is 10.7 Å². The van der Waals surface area contributed by atoms with Gasteiger partial charge in [0, 0.05) is 10.6 Å². The summed E-state index contributed by atoms with van der Waals surface area (Å²) in [6.07, 6.45) is 0. The van der Waals surface area contributed by atoms with Crippen LogP contribution in [0.2, 0.25) is 0 Å². The Hall–Kier alpha value is -3.37. The first-order valence-corrected chi connectivity index (χ1v) is 11.2. The number of fused-ring (bicyclic) bond motifs is 3. The second-order valence-corrected chi connectivity index (χ2v) is 9.50. The first kappa shape index (κ1) is 21.5. The molecule has 5 rings (SSSR count). The molecule has 0 N–H and O–H groups in total. The zero-order chi connectivity index (χ0) is 23.3. The zero-order valence-electron chi connectivity index (χ0n) is 16.7. The summed E-state index contributed by atoms with van der Waals surface area (Å²) in [4.78, 5) is 0. The molecule has 0 aromatic heterocycles. The topological polar surface area (TPSA) is 0 Å². The van der Waals surface area contributed by atoms with Gasteiger partial charge in [0.15, 0.2) is 34.9 Å². The molecule has 0 nitrogen and oxygen atoms in total. The van der Waals surface area contributed by atoms with Gasteiger partial charge in [-0.05, 0) is 65.1 Å². The Balaban J connectivity index is 1.93. The van der Waals surface area contributed by atoms with Gasteiger partial charge in [0.2, 0.25) is 0 Å². The molecule has 7 heteroatoms. The van der Waals surface area contributed by atoms with E-state index in [2.05, 4.69) is 0 Å². The first-order chi connectivity index (χ1) is 15.9. The van der Waals surface area contributed by atoms with Crippen LogP contribution in [0.25, 0.3) is 21.5 Å². The van der Waals surface area contributed by atoms with E-state index in [-0.39, 0.29) is 10.6 Å². The molecule has 0 atom stereocenters. The summed E-state index contributed by atoms with van der Waals surface area (Å²) in [6, 6.07) is 19.7. The SMILES string of the molecule is Fc1ccc(P(c2ccc(F)c(F)c2F)c2cc3ccccc3c3ccccc23)c(F)c1F. The third kappa shape index (κ3) is 3.46. The van der Waals surface area contributed by atoms with Crippen LogP contribution in [0.15, 0.2) is 78.9 Å². The van der Waals surface area contributed by atoms with E-state index in [1.807, 2.05) is 24.3 Å². The highest BCUT2D eigenvalue weighted by molar-refractivity contribution is 7.80. The minimum atomic E-state index is -2.28. The Morgan fingerprint density at radius 3 is 1.48 bits per heavy atom. The number of hydrogen-bond donors (Lipinski definition) is 0. The molecule has 0 bridgehead atoms. The van der Waals surface area contributed by atoms with Crippen molar-refractivity contribution in [2.75, 3.05) is 0 Å². The molecule has 0 heterocycles. The van der Waals surface area contributed by atoms with E-state index in [1.165, 1.54) is 0 Å². The lowest BCUT2D eigenvalue weighted by Crippen LogP contribution is -2.27. The van der Waals surface area contributed by atoms with Crippen LogP contribution in [0.5, 0.6) is 0 Å². The molecule has 0 radical (unpaired) electrons. The molecule has 0 saturated heterocycles. The van der Waals surface area contributed by atoms with Gasteiger partial charge in [0.25, 0.3) is 0 Å². The molecular formula is C26H13F6P. The van der Waals surface area contributed by atoms with Crippen molar-refractivity contribution >= 4 is 45.4 Å². The van der Waals surface area contributed by atoms with Gasteiger partial charge in [0.1, 0.15) is 0 Å². The Kier molecular flexibility index (Phi) is 5.34. The van der Waals surface area contributed by atoms with Gasteiger partial charge in [-0.2, -0.15) is 0 Å². The third-order valence-corrected chi connectivity index (χ3v) is 8.00. The van der Waals surface area contributed by atoms with Crippen molar-refractivity contribution in [3.8, 4) is 0 Å². The highest BCUT2D eigenvalue weighted by Gasteiger charge is 2.29.